The highest BCUT2D eigenvalue weighted by Gasteiger charge is 2.26. The molecule has 24 heavy (non-hydrogen) atoms. The molecule has 0 fully saturated rings. The Bertz CT molecular complexity index is 1040. The molecule has 0 saturated carbocycles. The fourth-order valence-corrected chi connectivity index (χ4v) is 2.74. The van der Waals surface area contributed by atoms with Crippen LogP contribution in [0.5, 0.6) is 0 Å². The highest BCUT2D eigenvalue weighted by Crippen LogP contribution is 2.35. The second-order valence-corrected chi connectivity index (χ2v) is 5.43. The zero-order valence-corrected chi connectivity index (χ0v) is 12.4. The van der Waals surface area contributed by atoms with Gasteiger partial charge in [0.2, 0.25) is 0 Å². The number of hydrogen-bond acceptors (Lipinski definition) is 4. The molecule has 1 aromatic heterocycles. The smallest absolute Gasteiger partial charge is 0.270 e. The number of nitro benzene ring substituents is 1. The van der Waals surface area contributed by atoms with Gasteiger partial charge in [0.25, 0.3) is 11.6 Å². The van der Waals surface area contributed by atoms with Crippen molar-refractivity contribution in [1.82, 2.24) is 4.98 Å². The topological polar surface area (TPSA) is 85.1 Å². The SMILES string of the molecule is O=C1Nc2ccc([N+](=O)[O-])cc2/C1=C\c1ccc2ccccc2n1. The Morgan fingerprint density at radius 3 is 2.75 bits per heavy atom. The number of hydrogen-bond donors (Lipinski definition) is 1. The molecule has 1 N–H and O–H groups in total. The van der Waals surface area contributed by atoms with Gasteiger partial charge in [-0.15, -0.1) is 0 Å². The Kier molecular flexibility index (Phi) is 3.09. The molecule has 2 aromatic carbocycles. The molecule has 0 saturated heterocycles. The summed E-state index contributed by atoms with van der Waals surface area (Å²) in [6, 6.07) is 15.7. The fraction of sp³-hybridized carbons (Fsp3) is 0. The van der Waals surface area contributed by atoms with Gasteiger partial charge in [-0.25, -0.2) is 4.98 Å². The number of anilines is 1. The number of aromatic nitrogens is 1. The maximum atomic E-state index is 12.2. The largest absolute Gasteiger partial charge is 0.321 e. The fourth-order valence-electron chi connectivity index (χ4n) is 2.74. The second kappa shape index (κ2) is 5.27. The van der Waals surface area contributed by atoms with E-state index >= 15 is 0 Å². The van der Waals surface area contributed by atoms with Crippen LogP contribution in [0, 0.1) is 10.1 Å². The first-order valence-electron chi connectivity index (χ1n) is 7.29. The van der Waals surface area contributed by atoms with E-state index in [0.29, 0.717) is 22.5 Å². The van der Waals surface area contributed by atoms with Crippen molar-refractivity contribution in [2.45, 2.75) is 0 Å². The van der Waals surface area contributed by atoms with Crippen molar-refractivity contribution in [2.75, 3.05) is 5.32 Å². The number of benzene rings is 2. The first-order chi connectivity index (χ1) is 11.6. The molecule has 0 atom stereocenters. The van der Waals surface area contributed by atoms with Gasteiger partial charge in [-0.3, -0.25) is 14.9 Å². The number of para-hydroxylation sites is 1. The van der Waals surface area contributed by atoms with E-state index in [1.54, 1.807) is 12.1 Å². The molecule has 0 unspecified atom stereocenters. The molecule has 4 rings (SSSR count). The minimum Gasteiger partial charge on any atom is -0.321 e. The monoisotopic (exact) mass is 317 g/mol. The molecule has 0 aliphatic carbocycles. The van der Waals surface area contributed by atoms with Gasteiger partial charge in [0.15, 0.2) is 0 Å². The van der Waals surface area contributed by atoms with E-state index in [1.807, 2.05) is 36.4 Å². The van der Waals surface area contributed by atoms with E-state index in [2.05, 4.69) is 10.3 Å². The Labute approximate surface area is 136 Å². The summed E-state index contributed by atoms with van der Waals surface area (Å²) < 4.78 is 0. The molecule has 1 aliphatic heterocycles. The van der Waals surface area contributed by atoms with E-state index in [4.69, 9.17) is 0 Å². The third-order valence-electron chi connectivity index (χ3n) is 3.91. The van der Waals surface area contributed by atoms with Gasteiger partial charge in [0, 0.05) is 28.8 Å². The maximum Gasteiger partial charge on any atom is 0.270 e. The third-order valence-corrected chi connectivity index (χ3v) is 3.91. The molecule has 116 valence electrons. The van der Waals surface area contributed by atoms with Crippen LogP contribution in [0.1, 0.15) is 11.3 Å². The van der Waals surface area contributed by atoms with Crippen LogP contribution in [0.3, 0.4) is 0 Å². The predicted octanol–water partition coefficient (Wildman–Crippen LogP) is 3.64. The third kappa shape index (κ3) is 2.30. The Morgan fingerprint density at radius 1 is 1.08 bits per heavy atom. The minimum atomic E-state index is -0.477. The van der Waals surface area contributed by atoms with E-state index in [0.717, 1.165) is 10.9 Å². The van der Waals surface area contributed by atoms with Gasteiger partial charge in [-0.2, -0.15) is 0 Å². The highest BCUT2D eigenvalue weighted by molar-refractivity contribution is 6.35. The van der Waals surface area contributed by atoms with Gasteiger partial charge >= 0.3 is 0 Å². The molecule has 0 radical (unpaired) electrons. The van der Waals surface area contributed by atoms with E-state index in [-0.39, 0.29) is 11.6 Å². The summed E-state index contributed by atoms with van der Waals surface area (Å²) in [6.07, 6.45) is 1.65. The summed E-state index contributed by atoms with van der Waals surface area (Å²) in [5, 5.41) is 14.7. The summed E-state index contributed by atoms with van der Waals surface area (Å²) in [7, 11) is 0. The Balaban J connectivity index is 1.83. The van der Waals surface area contributed by atoms with Crippen LogP contribution >= 0.6 is 0 Å². The van der Waals surface area contributed by atoms with Crippen LogP contribution in [0.25, 0.3) is 22.6 Å². The average molecular weight is 317 g/mol. The number of nitro groups is 1. The second-order valence-electron chi connectivity index (χ2n) is 5.43. The van der Waals surface area contributed by atoms with Gasteiger partial charge in [-0.05, 0) is 24.3 Å². The van der Waals surface area contributed by atoms with Crippen molar-refractivity contribution in [3.8, 4) is 0 Å². The number of carbonyl (C=O) groups excluding carboxylic acids is 1. The van der Waals surface area contributed by atoms with Crippen molar-refractivity contribution < 1.29 is 9.72 Å². The molecule has 3 aromatic rings. The van der Waals surface area contributed by atoms with Crippen LogP contribution in [0.2, 0.25) is 0 Å². The molecule has 0 bridgehead atoms. The zero-order chi connectivity index (χ0) is 16.7. The van der Waals surface area contributed by atoms with Crippen LogP contribution in [-0.4, -0.2) is 15.8 Å². The molecule has 1 amide bonds. The lowest BCUT2D eigenvalue weighted by Crippen LogP contribution is -2.03. The molecule has 0 spiro atoms. The molecule has 6 heteroatoms. The first kappa shape index (κ1) is 14.1. The number of fused-ring (bicyclic) bond motifs is 2. The molecular weight excluding hydrogens is 306 g/mol. The maximum absolute atomic E-state index is 12.2. The number of amides is 1. The zero-order valence-electron chi connectivity index (χ0n) is 12.4. The van der Waals surface area contributed by atoms with Crippen molar-refractivity contribution >= 4 is 39.8 Å². The normalized spacial score (nSPS) is 14.7. The highest BCUT2D eigenvalue weighted by atomic mass is 16.6. The van der Waals surface area contributed by atoms with Crippen molar-refractivity contribution in [2.24, 2.45) is 0 Å². The number of rotatable bonds is 2. The van der Waals surface area contributed by atoms with Gasteiger partial charge in [0.05, 0.1) is 21.7 Å². The average Bonchev–Trinajstić information content (AvgIpc) is 2.89. The number of non-ortho nitro benzene ring substituents is 1. The number of pyridine rings is 1. The van der Waals surface area contributed by atoms with Crippen LogP contribution in [0.15, 0.2) is 54.6 Å². The minimum absolute atomic E-state index is 0.0531. The summed E-state index contributed by atoms with van der Waals surface area (Å²) in [5.41, 5.74) is 2.85. The Morgan fingerprint density at radius 2 is 1.92 bits per heavy atom. The van der Waals surface area contributed by atoms with Gasteiger partial charge < -0.3 is 5.32 Å². The van der Waals surface area contributed by atoms with Gasteiger partial charge in [-0.1, -0.05) is 24.3 Å². The van der Waals surface area contributed by atoms with Crippen molar-refractivity contribution in [3.05, 3.63) is 76.0 Å². The van der Waals surface area contributed by atoms with E-state index < -0.39 is 4.92 Å². The predicted molar refractivity (Wildman–Crippen MR) is 91.3 cm³/mol. The number of carbonyl (C=O) groups is 1. The van der Waals surface area contributed by atoms with Crippen molar-refractivity contribution in [3.63, 3.8) is 0 Å². The molecule has 2 heterocycles. The lowest BCUT2D eigenvalue weighted by atomic mass is 10.0. The molecule has 6 nitrogen and oxygen atoms in total. The summed E-state index contributed by atoms with van der Waals surface area (Å²) in [6.45, 7) is 0. The quantitative estimate of drug-likeness (QED) is 0.444. The number of nitrogens with one attached hydrogen (secondary N) is 1. The van der Waals surface area contributed by atoms with E-state index in [1.165, 1.54) is 12.1 Å². The van der Waals surface area contributed by atoms with E-state index in [9.17, 15) is 14.9 Å². The van der Waals surface area contributed by atoms with Crippen LogP contribution < -0.4 is 5.32 Å². The molecular formula is C18H11N3O3. The standard InChI is InChI=1S/C18H11N3O3/c22-18-15(14-10-13(21(23)24)7-8-17(14)20-18)9-12-6-5-11-3-1-2-4-16(11)19-12/h1-10H,(H,20,22)/b15-9+. The number of nitrogens with zero attached hydrogens (tertiary/aromatic N) is 2. The summed E-state index contributed by atoms with van der Waals surface area (Å²) in [5.74, 6) is -0.291. The van der Waals surface area contributed by atoms with Crippen LogP contribution in [-0.2, 0) is 4.79 Å². The van der Waals surface area contributed by atoms with Crippen molar-refractivity contribution in [1.29, 1.82) is 0 Å². The molecule has 1 aliphatic rings. The Hall–Kier alpha value is -3.54. The lowest BCUT2D eigenvalue weighted by molar-refractivity contribution is -0.384. The lowest BCUT2D eigenvalue weighted by Gasteiger charge is -2.01. The summed E-state index contributed by atoms with van der Waals surface area (Å²) >= 11 is 0. The first-order valence-corrected chi connectivity index (χ1v) is 7.29. The van der Waals surface area contributed by atoms with Crippen LogP contribution in [0.4, 0.5) is 11.4 Å². The summed E-state index contributed by atoms with van der Waals surface area (Å²) in [4.78, 5) is 27.2. The van der Waals surface area contributed by atoms with Gasteiger partial charge in [0.1, 0.15) is 0 Å².